The highest BCUT2D eigenvalue weighted by Crippen LogP contribution is 2.60. The molecule has 1 N–H and O–H groups in total. The lowest BCUT2D eigenvalue weighted by atomic mass is 9.55. The molecule has 5 heteroatoms. The van der Waals surface area contributed by atoms with E-state index in [1.165, 1.54) is 42.5 Å². The number of hydrogen-bond donors (Lipinski definition) is 1. The molecule has 2 aromatic rings. The van der Waals surface area contributed by atoms with Crippen molar-refractivity contribution in [2.24, 2.45) is 27.5 Å². The van der Waals surface area contributed by atoms with Gasteiger partial charge in [-0.15, -0.1) is 0 Å². The van der Waals surface area contributed by atoms with Gasteiger partial charge in [-0.05, 0) is 92.0 Å². The van der Waals surface area contributed by atoms with Gasteiger partial charge in [0.1, 0.15) is 5.75 Å². The molecular weight excluding hydrogens is 372 g/mol. The molecule has 2 saturated carbocycles. The molecule has 3 aliphatic carbocycles. The van der Waals surface area contributed by atoms with E-state index in [0.717, 1.165) is 37.4 Å². The van der Waals surface area contributed by atoms with Gasteiger partial charge >= 0.3 is 0 Å². The standard InChI is InChI=1S/C25H32N4O/c1-3-14-29-18(11-13-27-29)16-26-28-24-9-8-23-22-6-4-17-15-19(30)5-7-20(17)21(22)10-12-25(23,24)2/h5,7,11,13,15-16,21-23,30H,3-4,6,8-10,12,14H2,1-2H3/b26-16-,28-24-/t21-,22-,23-,25-/m0/s1. The first-order valence-electron chi connectivity index (χ1n) is 11.5. The second-order valence-electron chi connectivity index (χ2n) is 9.56. The lowest BCUT2D eigenvalue weighted by molar-refractivity contribution is 0.0955. The zero-order valence-electron chi connectivity index (χ0n) is 18.1. The number of nitrogens with zero attached hydrogens (tertiary/aromatic N) is 4. The van der Waals surface area contributed by atoms with E-state index in [1.807, 2.05) is 35.3 Å². The van der Waals surface area contributed by atoms with Gasteiger partial charge in [0.25, 0.3) is 0 Å². The van der Waals surface area contributed by atoms with Gasteiger partial charge < -0.3 is 5.11 Å². The van der Waals surface area contributed by atoms with Crippen molar-refractivity contribution < 1.29 is 5.11 Å². The summed E-state index contributed by atoms with van der Waals surface area (Å²) in [4.78, 5) is 0. The molecule has 0 amide bonds. The second-order valence-corrected chi connectivity index (χ2v) is 9.56. The summed E-state index contributed by atoms with van der Waals surface area (Å²) in [5.74, 6) is 2.46. The van der Waals surface area contributed by atoms with Crippen molar-refractivity contribution in [3.8, 4) is 5.75 Å². The Kier molecular flexibility index (Phi) is 5.00. The topological polar surface area (TPSA) is 62.8 Å². The van der Waals surface area contributed by atoms with Crippen LogP contribution in [0, 0.1) is 17.3 Å². The fourth-order valence-electron chi connectivity index (χ4n) is 6.53. The molecule has 1 aromatic carbocycles. The Morgan fingerprint density at radius 2 is 2.13 bits per heavy atom. The Hall–Kier alpha value is -2.43. The normalized spacial score (nSPS) is 31.7. The van der Waals surface area contributed by atoms with Crippen molar-refractivity contribution in [3.63, 3.8) is 0 Å². The van der Waals surface area contributed by atoms with Crippen LogP contribution in [0.15, 0.2) is 40.7 Å². The van der Waals surface area contributed by atoms with Crippen molar-refractivity contribution in [1.82, 2.24) is 9.78 Å². The van der Waals surface area contributed by atoms with Crippen LogP contribution in [-0.2, 0) is 13.0 Å². The predicted octanol–water partition coefficient (Wildman–Crippen LogP) is 5.33. The lowest BCUT2D eigenvalue weighted by Gasteiger charge is -2.49. The van der Waals surface area contributed by atoms with Gasteiger partial charge in [-0.25, -0.2) is 0 Å². The van der Waals surface area contributed by atoms with Crippen LogP contribution in [-0.4, -0.2) is 26.8 Å². The average Bonchev–Trinajstić information content (AvgIpc) is 3.32. The summed E-state index contributed by atoms with van der Waals surface area (Å²) in [7, 11) is 0. The van der Waals surface area contributed by atoms with Crippen LogP contribution in [0.1, 0.15) is 75.1 Å². The summed E-state index contributed by atoms with van der Waals surface area (Å²) in [6.07, 6.45) is 11.8. The molecule has 0 spiro atoms. The summed E-state index contributed by atoms with van der Waals surface area (Å²) >= 11 is 0. The number of benzene rings is 1. The first-order chi connectivity index (χ1) is 14.6. The zero-order valence-corrected chi connectivity index (χ0v) is 18.1. The molecule has 5 rings (SSSR count). The van der Waals surface area contributed by atoms with E-state index in [1.54, 1.807) is 0 Å². The third-order valence-corrected chi connectivity index (χ3v) is 8.00. The van der Waals surface area contributed by atoms with E-state index in [4.69, 9.17) is 5.10 Å². The number of aryl methyl sites for hydroxylation is 2. The minimum Gasteiger partial charge on any atom is -0.508 e. The van der Waals surface area contributed by atoms with Gasteiger partial charge in [-0.2, -0.15) is 15.3 Å². The summed E-state index contributed by atoms with van der Waals surface area (Å²) in [6, 6.07) is 8.03. The number of hydrogen-bond acceptors (Lipinski definition) is 4. The van der Waals surface area contributed by atoms with E-state index in [2.05, 4.69) is 30.1 Å². The first kappa shape index (κ1) is 19.5. The van der Waals surface area contributed by atoms with Crippen molar-refractivity contribution in [2.45, 2.75) is 71.3 Å². The number of aromatic nitrogens is 2. The maximum Gasteiger partial charge on any atom is 0.115 e. The minimum atomic E-state index is 0.177. The van der Waals surface area contributed by atoms with E-state index in [-0.39, 0.29) is 5.41 Å². The molecule has 0 saturated heterocycles. The fourth-order valence-corrected chi connectivity index (χ4v) is 6.53. The van der Waals surface area contributed by atoms with Crippen LogP contribution in [0.5, 0.6) is 5.75 Å². The number of phenolic OH excluding ortho intramolecular Hbond substituents is 1. The van der Waals surface area contributed by atoms with E-state index < -0.39 is 0 Å². The van der Waals surface area contributed by atoms with E-state index in [9.17, 15) is 5.11 Å². The molecular formula is C25H32N4O. The second kappa shape index (κ2) is 7.68. The van der Waals surface area contributed by atoms with Crippen LogP contribution in [0.25, 0.3) is 0 Å². The smallest absolute Gasteiger partial charge is 0.115 e. The average molecular weight is 405 g/mol. The van der Waals surface area contributed by atoms with Crippen molar-refractivity contribution in [2.75, 3.05) is 0 Å². The monoisotopic (exact) mass is 404 g/mol. The molecule has 30 heavy (non-hydrogen) atoms. The largest absolute Gasteiger partial charge is 0.508 e. The Morgan fingerprint density at radius 3 is 3.00 bits per heavy atom. The SMILES string of the molecule is CCCn1nccc1/C=N\N=C1\CC[C@H]2[C@H]3CCc4cc(O)ccc4[C@@H]3CC[C@]12C. The highest BCUT2D eigenvalue weighted by Gasteiger charge is 2.53. The Labute approximate surface area is 178 Å². The Balaban J connectivity index is 1.36. The minimum absolute atomic E-state index is 0.177. The lowest BCUT2D eigenvalue weighted by Crippen LogP contribution is -2.42. The van der Waals surface area contributed by atoms with Gasteiger partial charge in [0.15, 0.2) is 0 Å². The van der Waals surface area contributed by atoms with Gasteiger partial charge in [0.05, 0.1) is 11.9 Å². The number of rotatable bonds is 4. The van der Waals surface area contributed by atoms with Crippen molar-refractivity contribution >= 4 is 11.9 Å². The molecule has 0 radical (unpaired) electrons. The predicted molar refractivity (Wildman–Crippen MR) is 120 cm³/mol. The Morgan fingerprint density at radius 1 is 1.23 bits per heavy atom. The zero-order chi connectivity index (χ0) is 20.7. The van der Waals surface area contributed by atoms with Crippen LogP contribution >= 0.6 is 0 Å². The number of phenols is 1. The third kappa shape index (κ3) is 3.19. The molecule has 0 unspecified atom stereocenters. The molecule has 1 heterocycles. The molecule has 5 nitrogen and oxygen atoms in total. The first-order valence-corrected chi connectivity index (χ1v) is 11.5. The van der Waals surface area contributed by atoms with Crippen LogP contribution < -0.4 is 0 Å². The number of fused-ring (bicyclic) bond motifs is 5. The Bertz CT molecular complexity index is 991. The maximum atomic E-state index is 9.87. The molecule has 0 aliphatic heterocycles. The fraction of sp³-hybridized carbons (Fsp3) is 0.560. The van der Waals surface area contributed by atoms with Crippen LogP contribution in [0.4, 0.5) is 0 Å². The maximum absolute atomic E-state index is 9.87. The highest BCUT2D eigenvalue weighted by molar-refractivity contribution is 5.93. The van der Waals surface area contributed by atoms with Gasteiger partial charge in [0.2, 0.25) is 0 Å². The molecule has 4 atom stereocenters. The van der Waals surface area contributed by atoms with E-state index >= 15 is 0 Å². The van der Waals surface area contributed by atoms with Crippen LogP contribution in [0.3, 0.4) is 0 Å². The molecule has 1 aromatic heterocycles. The van der Waals surface area contributed by atoms with Gasteiger partial charge in [0, 0.05) is 23.9 Å². The third-order valence-electron chi connectivity index (χ3n) is 8.00. The number of aromatic hydroxyl groups is 1. The highest BCUT2D eigenvalue weighted by atomic mass is 16.3. The molecule has 0 bridgehead atoms. The summed E-state index contributed by atoms with van der Waals surface area (Å²) in [6.45, 7) is 5.50. The van der Waals surface area contributed by atoms with Crippen LogP contribution in [0.2, 0.25) is 0 Å². The van der Waals surface area contributed by atoms with Gasteiger partial charge in [-0.1, -0.05) is 19.9 Å². The van der Waals surface area contributed by atoms with E-state index in [0.29, 0.717) is 17.6 Å². The van der Waals surface area contributed by atoms with Crippen molar-refractivity contribution in [1.29, 1.82) is 0 Å². The quantitative estimate of drug-likeness (QED) is 0.553. The van der Waals surface area contributed by atoms with Crippen molar-refractivity contribution in [3.05, 3.63) is 47.3 Å². The molecule has 158 valence electrons. The molecule has 3 aliphatic rings. The van der Waals surface area contributed by atoms with Gasteiger partial charge in [-0.3, -0.25) is 4.68 Å². The summed E-state index contributed by atoms with van der Waals surface area (Å²) < 4.78 is 1.99. The molecule has 2 fully saturated rings. The summed E-state index contributed by atoms with van der Waals surface area (Å²) in [5, 5.41) is 23.5. The summed E-state index contributed by atoms with van der Waals surface area (Å²) in [5.41, 5.74) is 5.34.